The molecule has 1 aromatic carbocycles. The third-order valence-corrected chi connectivity index (χ3v) is 3.61. The van der Waals surface area contributed by atoms with Gasteiger partial charge in [-0.1, -0.05) is 30.2 Å². The van der Waals surface area contributed by atoms with Gasteiger partial charge in [0.1, 0.15) is 0 Å². The fourth-order valence-corrected chi connectivity index (χ4v) is 2.38. The van der Waals surface area contributed by atoms with Gasteiger partial charge in [-0.15, -0.1) is 18.2 Å². The first-order valence-corrected chi connectivity index (χ1v) is 6.97. The van der Waals surface area contributed by atoms with Crippen molar-refractivity contribution >= 4 is 29.5 Å². The maximum atomic E-state index is 11.0. The van der Waals surface area contributed by atoms with Crippen LogP contribution in [-0.2, 0) is 4.79 Å². The minimum Gasteiger partial charge on any atom is -0.273 e. The second kappa shape index (κ2) is 6.81. The minimum absolute atomic E-state index is 0.0258. The molecule has 1 heterocycles. The van der Waals surface area contributed by atoms with E-state index < -0.39 is 0 Å². The van der Waals surface area contributed by atoms with Crippen molar-refractivity contribution in [2.45, 2.75) is 17.7 Å². The summed E-state index contributed by atoms with van der Waals surface area (Å²) in [6.45, 7) is 0. The highest BCUT2D eigenvalue weighted by atomic mass is 32.2. The van der Waals surface area contributed by atoms with Gasteiger partial charge in [-0.25, -0.2) is 5.43 Å². The molecule has 0 aliphatic carbocycles. The van der Waals surface area contributed by atoms with Gasteiger partial charge in [0.25, 0.3) is 0 Å². The van der Waals surface area contributed by atoms with Gasteiger partial charge in [-0.05, 0) is 17.7 Å². The molecule has 3 nitrogen and oxygen atoms in total. The summed E-state index contributed by atoms with van der Waals surface area (Å²) in [6, 6.07) is 8.07. The number of thioether (sulfide) groups is 1. The maximum absolute atomic E-state index is 11.0. The fourth-order valence-electron chi connectivity index (χ4n) is 1.66. The van der Waals surface area contributed by atoms with Crippen molar-refractivity contribution in [3.8, 4) is 12.3 Å². The number of hydrogen-bond donors (Lipinski definition) is 1. The van der Waals surface area contributed by atoms with Gasteiger partial charge in [0.05, 0.1) is 11.5 Å². The first-order chi connectivity index (χ1) is 9.29. The van der Waals surface area contributed by atoms with Gasteiger partial charge in [0.15, 0.2) is 0 Å². The topological polar surface area (TPSA) is 41.5 Å². The number of benzene rings is 1. The van der Waals surface area contributed by atoms with Gasteiger partial charge in [0, 0.05) is 17.7 Å². The number of terminal acetylenes is 1. The lowest BCUT2D eigenvalue weighted by atomic mass is 10.1. The Morgan fingerprint density at radius 1 is 1.37 bits per heavy atom. The molecule has 0 bridgehead atoms. The molecule has 0 aromatic heterocycles. The van der Waals surface area contributed by atoms with Crippen molar-refractivity contribution in [2.24, 2.45) is 5.10 Å². The summed E-state index contributed by atoms with van der Waals surface area (Å²) in [4.78, 5) is 12.1. The number of amides is 1. The normalized spacial score (nSPS) is 14.9. The van der Waals surface area contributed by atoms with Gasteiger partial charge in [-0.3, -0.25) is 4.79 Å². The molecule has 0 radical (unpaired) electrons. The molecule has 0 atom stereocenters. The zero-order valence-electron chi connectivity index (χ0n) is 10.4. The molecule has 19 heavy (non-hydrogen) atoms. The Hall–Kier alpha value is -1.99. The van der Waals surface area contributed by atoms with Crippen LogP contribution in [0.5, 0.6) is 0 Å². The Labute approximate surface area is 117 Å². The highest BCUT2D eigenvalue weighted by Crippen LogP contribution is 2.23. The summed E-state index contributed by atoms with van der Waals surface area (Å²) < 4.78 is 0. The second-order valence-corrected chi connectivity index (χ2v) is 5.02. The Balaban J connectivity index is 2.10. The summed E-state index contributed by atoms with van der Waals surface area (Å²) in [5.41, 5.74) is 4.48. The van der Waals surface area contributed by atoms with E-state index >= 15 is 0 Å². The summed E-state index contributed by atoms with van der Waals surface area (Å²) in [5.74, 6) is 3.25. The smallest absolute Gasteiger partial charge is 0.240 e. The van der Waals surface area contributed by atoms with Crippen LogP contribution in [-0.4, -0.2) is 17.4 Å². The number of carbonyl (C=O) groups excluding carboxylic acids is 1. The molecule has 96 valence electrons. The van der Waals surface area contributed by atoms with Crippen LogP contribution in [0.15, 0.2) is 40.3 Å². The van der Waals surface area contributed by atoms with E-state index in [2.05, 4.69) is 16.4 Å². The van der Waals surface area contributed by atoms with Crippen LogP contribution in [0, 0.1) is 12.3 Å². The molecule has 4 heteroatoms. The molecule has 2 rings (SSSR count). The van der Waals surface area contributed by atoms with E-state index in [1.165, 1.54) is 0 Å². The van der Waals surface area contributed by atoms with Crippen LogP contribution in [0.25, 0.3) is 6.08 Å². The maximum Gasteiger partial charge on any atom is 0.240 e. The number of allylic oxidation sites excluding steroid dienone is 1. The number of nitrogens with one attached hydrogen (secondary N) is 1. The van der Waals surface area contributed by atoms with Crippen LogP contribution < -0.4 is 5.43 Å². The molecule has 1 aliphatic heterocycles. The summed E-state index contributed by atoms with van der Waals surface area (Å²) in [5, 5.41) is 4.01. The highest BCUT2D eigenvalue weighted by Gasteiger charge is 2.08. The first kappa shape index (κ1) is 13.4. The average Bonchev–Trinajstić information content (AvgIpc) is 2.45. The quantitative estimate of drug-likeness (QED) is 0.675. The lowest BCUT2D eigenvalue weighted by Crippen LogP contribution is -2.24. The zero-order valence-corrected chi connectivity index (χ0v) is 11.2. The molecular formula is C15H14N2OS. The number of carbonyl (C=O) groups is 1. The average molecular weight is 270 g/mol. The lowest BCUT2D eigenvalue weighted by Gasteiger charge is -2.08. The molecular weight excluding hydrogens is 256 g/mol. The molecule has 0 fully saturated rings. The molecule has 1 aliphatic rings. The SMILES string of the molecule is C#CCSc1ccccc1C=CC1=NNC(=O)CC1. The van der Waals surface area contributed by atoms with Crippen molar-refractivity contribution < 1.29 is 4.79 Å². The van der Waals surface area contributed by atoms with Crippen molar-refractivity contribution in [1.29, 1.82) is 0 Å². The summed E-state index contributed by atoms with van der Waals surface area (Å²) in [6.07, 6.45) is 10.4. The molecule has 0 unspecified atom stereocenters. The van der Waals surface area contributed by atoms with Crippen molar-refractivity contribution in [1.82, 2.24) is 5.43 Å². The van der Waals surface area contributed by atoms with Crippen LogP contribution in [0.3, 0.4) is 0 Å². The zero-order chi connectivity index (χ0) is 13.5. The van der Waals surface area contributed by atoms with E-state index in [1.54, 1.807) is 11.8 Å². The van der Waals surface area contributed by atoms with Crippen molar-refractivity contribution in [3.05, 3.63) is 35.9 Å². The number of hydrogen-bond acceptors (Lipinski definition) is 3. The number of nitrogens with zero attached hydrogens (tertiary/aromatic N) is 1. The van der Waals surface area contributed by atoms with E-state index in [0.717, 1.165) is 16.2 Å². The second-order valence-electron chi connectivity index (χ2n) is 4.00. The molecule has 0 spiro atoms. The van der Waals surface area contributed by atoms with Crippen LogP contribution in [0.1, 0.15) is 18.4 Å². The summed E-state index contributed by atoms with van der Waals surface area (Å²) in [7, 11) is 0. The van der Waals surface area contributed by atoms with Crippen LogP contribution in [0.2, 0.25) is 0 Å². The Bertz CT molecular complexity index is 570. The Kier molecular flexibility index (Phi) is 4.82. The van der Waals surface area contributed by atoms with Crippen molar-refractivity contribution in [3.63, 3.8) is 0 Å². The van der Waals surface area contributed by atoms with E-state index in [0.29, 0.717) is 18.6 Å². The fraction of sp³-hybridized carbons (Fsp3) is 0.200. The van der Waals surface area contributed by atoms with Gasteiger partial charge < -0.3 is 0 Å². The van der Waals surface area contributed by atoms with E-state index in [1.807, 2.05) is 36.4 Å². The third kappa shape index (κ3) is 4.01. The molecule has 1 N–H and O–H groups in total. The molecule has 0 saturated heterocycles. The van der Waals surface area contributed by atoms with E-state index in [9.17, 15) is 4.79 Å². The standard InChI is InChI=1S/C15H14N2OS/c1-2-11-19-14-6-4-3-5-12(14)7-8-13-9-10-15(18)17-16-13/h1,3-8H,9-11H2,(H,17,18). The van der Waals surface area contributed by atoms with E-state index in [-0.39, 0.29) is 5.91 Å². The number of rotatable bonds is 4. The monoisotopic (exact) mass is 270 g/mol. The minimum atomic E-state index is -0.0258. The summed E-state index contributed by atoms with van der Waals surface area (Å²) >= 11 is 1.64. The predicted molar refractivity (Wildman–Crippen MR) is 79.8 cm³/mol. The molecule has 1 amide bonds. The number of hydrazone groups is 1. The highest BCUT2D eigenvalue weighted by molar-refractivity contribution is 7.99. The molecule has 1 aromatic rings. The largest absolute Gasteiger partial charge is 0.273 e. The van der Waals surface area contributed by atoms with E-state index in [4.69, 9.17) is 6.42 Å². The van der Waals surface area contributed by atoms with Crippen molar-refractivity contribution in [2.75, 3.05) is 5.75 Å². The van der Waals surface area contributed by atoms with Crippen LogP contribution in [0.4, 0.5) is 0 Å². The van der Waals surface area contributed by atoms with Gasteiger partial charge in [0.2, 0.25) is 5.91 Å². The van der Waals surface area contributed by atoms with Gasteiger partial charge in [-0.2, -0.15) is 5.10 Å². The lowest BCUT2D eigenvalue weighted by molar-refractivity contribution is -0.121. The predicted octanol–water partition coefficient (Wildman–Crippen LogP) is 2.69. The first-order valence-electron chi connectivity index (χ1n) is 5.98. The van der Waals surface area contributed by atoms with Gasteiger partial charge >= 0.3 is 0 Å². The molecule has 0 saturated carbocycles. The van der Waals surface area contributed by atoms with Crippen LogP contribution >= 0.6 is 11.8 Å². The third-order valence-electron chi connectivity index (χ3n) is 2.62. The Morgan fingerprint density at radius 2 is 2.21 bits per heavy atom. The Morgan fingerprint density at radius 3 is 2.95 bits per heavy atom.